The summed E-state index contributed by atoms with van der Waals surface area (Å²) in [7, 11) is 0. The topological polar surface area (TPSA) is 117 Å². The summed E-state index contributed by atoms with van der Waals surface area (Å²) in [6.07, 6.45) is 14.4. The fraction of sp³-hybridized carbons (Fsp3) is 0.471. The normalized spacial score (nSPS) is 12.9. The van der Waals surface area contributed by atoms with Crippen molar-refractivity contribution in [3.05, 3.63) is 99.6 Å². The third-order valence-electron chi connectivity index (χ3n) is 6.57. The molecular weight excluding hydrogens is 605 g/mol. The zero-order valence-corrected chi connectivity index (χ0v) is 26.5. The molecule has 1 fully saturated rings. The molecule has 1 N–H and O–H groups in total. The molecule has 0 heterocycles. The van der Waals surface area contributed by atoms with E-state index in [-0.39, 0.29) is 25.5 Å². The van der Waals surface area contributed by atoms with E-state index in [1.54, 1.807) is 30.3 Å². The lowest BCUT2D eigenvalue weighted by Crippen LogP contribution is -2.23. The highest BCUT2D eigenvalue weighted by atomic mass is 19.4. The smallest absolute Gasteiger partial charge is 0.416 e. The summed E-state index contributed by atoms with van der Waals surface area (Å²) >= 11 is 0. The van der Waals surface area contributed by atoms with Crippen molar-refractivity contribution in [2.75, 3.05) is 13.2 Å². The predicted octanol–water partition coefficient (Wildman–Crippen LogP) is 8.16. The highest BCUT2D eigenvalue weighted by molar-refractivity contribution is 5.74. The molecule has 3 rings (SSSR count). The van der Waals surface area contributed by atoms with Crippen LogP contribution in [0.2, 0.25) is 0 Å². The molecule has 0 aliphatic heterocycles. The molecule has 1 aliphatic carbocycles. The summed E-state index contributed by atoms with van der Waals surface area (Å²) in [5, 5.41) is 11.3. The summed E-state index contributed by atoms with van der Waals surface area (Å²) in [6.45, 7) is 4.44. The molecule has 0 bridgehead atoms. The Bertz CT molecular complexity index is 1200. The van der Waals surface area contributed by atoms with E-state index in [0.717, 1.165) is 24.1 Å². The van der Waals surface area contributed by atoms with Gasteiger partial charge in [0, 0.05) is 0 Å². The van der Waals surface area contributed by atoms with Gasteiger partial charge in [-0.2, -0.15) is 13.2 Å². The van der Waals surface area contributed by atoms with Crippen molar-refractivity contribution in [1.29, 1.82) is 0 Å². The van der Waals surface area contributed by atoms with Crippen LogP contribution in [0, 0.1) is 16.0 Å². The fourth-order valence-corrected chi connectivity index (χ4v) is 4.13. The first-order valence-electron chi connectivity index (χ1n) is 15.3. The van der Waals surface area contributed by atoms with Crippen LogP contribution >= 0.6 is 0 Å². The quantitative estimate of drug-likeness (QED) is 0.0487. The van der Waals surface area contributed by atoms with Crippen LogP contribution in [0.5, 0.6) is 5.75 Å². The van der Waals surface area contributed by atoms with Crippen LogP contribution in [0.25, 0.3) is 0 Å². The monoisotopic (exact) mass is 650 g/mol. The van der Waals surface area contributed by atoms with Crippen LogP contribution in [0.1, 0.15) is 81.9 Å². The Morgan fingerprint density at radius 2 is 1.72 bits per heavy atom. The Kier molecular flexibility index (Phi) is 20.7. The summed E-state index contributed by atoms with van der Waals surface area (Å²) in [6, 6.07) is 11.6. The zero-order valence-electron chi connectivity index (χ0n) is 26.5. The maximum Gasteiger partial charge on any atom is 0.416 e. The minimum atomic E-state index is -4.32. The van der Waals surface area contributed by atoms with Gasteiger partial charge in [-0.15, -0.1) is 10.1 Å². The molecule has 0 spiro atoms. The summed E-state index contributed by atoms with van der Waals surface area (Å²) in [5.41, 5.74) is 0.690. The lowest BCUT2D eigenvalue weighted by molar-refractivity contribution is -0.763. The number of esters is 1. The van der Waals surface area contributed by atoms with Gasteiger partial charge >= 0.3 is 12.1 Å². The van der Waals surface area contributed by atoms with Crippen molar-refractivity contribution in [1.82, 2.24) is 5.32 Å². The first kappa shape index (κ1) is 39.7. The van der Waals surface area contributed by atoms with E-state index in [9.17, 15) is 32.9 Å². The summed E-state index contributed by atoms with van der Waals surface area (Å²) in [5.74, 6) is 0.408. The molecular formula is C34H45F3N2O7. The van der Waals surface area contributed by atoms with E-state index >= 15 is 0 Å². The average molecular weight is 651 g/mol. The number of halogens is 3. The van der Waals surface area contributed by atoms with Crippen molar-refractivity contribution < 1.29 is 42.2 Å². The molecule has 46 heavy (non-hydrogen) atoms. The third-order valence-corrected chi connectivity index (χ3v) is 6.57. The van der Waals surface area contributed by atoms with Gasteiger partial charge in [0.25, 0.3) is 5.09 Å². The van der Waals surface area contributed by atoms with Crippen LogP contribution in [0.3, 0.4) is 0 Å². The van der Waals surface area contributed by atoms with Gasteiger partial charge in [-0.1, -0.05) is 87.2 Å². The van der Waals surface area contributed by atoms with Crippen molar-refractivity contribution in [3.8, 4) is 5.75 Å². The Morgan fingerprint density at radius 3 is 2.30 bits per heavy atom. The molecule has 0 radical (unpaired) electrons. The maximum absolute atomic E-state index is 12.5. The van der Waals surface area contributed by atoms with Crippen molar-refractivity contribution in [2.24, 2.45) is 5.92 Å². The van der Waals surface area contributed by atoms with Crippen molar-refractivity contribution in [3.63, 3.8) is 0 Å². The van der Waals surface area contributed by atoms with E-state index in [1.165, 1.54) is 51.0 Å². The number of amides is 1. The van der Waals surface area contributed by atoms with Gasteiger partial charge in [-0.05, 0) is 67.9 Å². The van der Waals surface area contributed by atoms with E-state index in [2.05, 4.69) is 48.3 Å². The number of nitrogens with one attached hydrogen (secondary N) is 1. The number of benzene rings is 2. The van der Waals surface area contributed by atoms with Crippen molar-refractivity contribution in [2.45, 2.75) is 84.6 Å². The molecule has 2 aromatic rings. The molecule has 12 heteroatoms. The maximum atomic E-state index is 12.5. The number of carbonyl (C=O) groups excluding carboxylic acids is 2. The molecule has 1 aliphatic rings. The average Bonchev–Trinajstić information content (AvgIpc) is 3.56. The van der Waals surface area contributed by atoms with Crippen LogP contribution in [0.15, 0.2) is 72.8 Å². The second-order valence-corrected chi connectivity index (χ2v) is 10.3. The van der Waals surface area contributed by atoms with Gasteiger partial charge in [0.1, 0.15) is 25.5 Å². The SMILES string of the molecule is C/C=C\CCCC.FC(F)(F)c1cccc(OCC/C=C/C2CCCC2)c1.O=CNCC(=O)OCc1ccc(CO[N+](=O)[O-])cc1. The van der Waals surface area contributed by atoms with E-state index < -0.39 is 22.8 Å². The van der Waals surface area contributed by atoms with Crippen LogP contribution in [0.4, 0.5) is 13.2 Å². The van der Waals surface area contributed by atoms with Gasteiger partial charge in [-0.25, -0.2) is 0 Å². The number of allylic oxidation sites excluding steroid dienone is 3. The number of nitrogens with zero attached hydrogens (tertiary/aromatic N) is 1. The molecule has 9 nitrogen and oxygen atoms in total. The van der Waals surface area contributed by atoms with Gasteiger partial charge in [0.15, 0.2) is 0 Å². The molecule has 0 atom stereocenters. The second kappa shape index (κ2) is 24.0. The third kappa shape index (κ3) is 19.8. The Balaban J connectivity index is 0.000000383. The largest absolute Gasteiger partial charge is 0.493 e. The molecule has 2 aromatic carbocycles. The predicted molar refractivity (Wildman–Crippen MR) is 169 cm³/mol. The Labute approximate surface area is 268 Å². The number of carbonyl (C=O) groups is 2. The van der Waals surface area contributed by atoms with E-state index in [4.69, 9.17) is 9.47 Å². The van der Waals surface area contributed by atoms with Gasteiger partial charge < -0.3 is 19.6 Å². The molecule has 1 amide bonds. The minimum Gasteiger partial charge on any atom is -0.493 e. The first-order chi connectivity index (χ1) is 22.1. The fourth-order valence-electron chi connectivity index (χ4n) is 4.13. The second-order valence-electron chi connectivity index (χ2n) is 10.3. The lowest BCUT2D eigenvalue weighted by Gasteiger charge is -2.09. The standard InChI is InChI=1S/C16H19F3O.C11H12N2O6.C7H14/c17-16(18,19)14-9-5-10-15(12-14)20-11-4-3-8-13-6-1-2-7-13;14-8-12-5-11(15)18-6-9-1-3-10(4-2-9)7-19-13(16)17;1-3-5-7-6-4-2/h3,5,8-10,12-13H,1-2,4,6-7,11H2;1-4,8H,5-7H2,(H,12,14);3,5H,4,6-7H2,1-2H3/b8-3+;;5-3-. The molecule has 0 unspecified atom stereocenters. The highest BCUT2D eigenvalue weighted by Gasteiger charge is 2.30. The van der Waals surface area contributed by atoms with Gasteiger partial charge in [0.05, 0.1) is 12.2 Å². The zero-order chi connectivity index (χ0) is 34.0. The molecule has 0 aromatic heterocycles. The van der Waals surface area contributed by atoms with Crippen molar-refractivity contribution >= 4 is 12.4 Å². The minimum absolute atomic E-state index is 0.0652. The molecule has 0 saturated heterocycles. The highest BCUT2D eigenvalue weighted by Crippen LogP contribution is 2.31. The summed E-state index contributed by atoms with van der Waals surface area (Å²) < 4.78 is 47.8. The molecule has 254 valence electrons. The first-order valence-corrected chi connectivity index (χ1v) is 15.3. The van der Waals surface area contributed by atoms with Gasteiger partial charge in [-0.3, -0.25) is 9.59 Å². The van der Waals surface area contributed by atoms with Crippen LogP contribution < -0.4 is 10.1 Å². The number of ether oxygens (including phenoxy) is 2. The summed E-state index contributed by atoms with van der Waals surface area (Å²) in [4.78, 5) is 35.2. The van der Waals surface area contributed by atoms with Gasteiger partial charge in [0.2, 0.25) is 6.41 Å². The lowest BCUT2D eigenvalue weighted by atomic mass is 10.1. The molecule has 1 saturated carbocycles. The Hall–Kier alpha value is -4.35. The number of alkyl halides is 3. The Morgan fingerprint density at radius 1 is 1.04 bits per heavy atom. The number of hydrogen-bond acceptors (Lipinski definition) is 7. The van der Waals surface area contributed by atoms with E-state index in [0.29, 0.717) is 24.5 Å². The number of rotatable bonds is 16. The number of hydrogen-bond donors (Lipinski definition) is 1. The van der Waals surface area contributed by atoms with Crippen LogP contribution in [-0.4, -0.2) is 30.6 Å². The van der Waals surface area contributed by atoms with E-state index in [1.807, 2.05) is 0 Å². The number of unbranched alkanes of at least 4 members (excludes halogenated alkanes) is 2. The van der Waals surface area contributed by atoms with Crippen LogP contribution in [-0.2, 0) is 38.6 Å².